The average Bonchev–Trinajstić information content (AvgIpc) is 3.11. The summed E-state index contributed by atoms with van der Waals surface area (Å²) in [6.45, 7) is 0. The topological polar surface area (TPSA) is 64.4 Å². The Balaban J connectivity index is 1.89. The zero-order valence-electron chi connectivity index (χ0n) is 13.8. The first kappa shape index (κ1) is 20.0. The highest BCUT2D eigenvalue weighted by Gasteiger charge is 2.32. The summed E-state index contributed by atoms with van der Waals surface area (Å²) in [6.07, 6.45) is -4.84. The van der Waals surface area contributed by atoms with Crippen LogP contribution in [0.25, 0.3) is 22.6 Å². The minimum atomic E-state index is -4.84. The van der Waals surface area contributed by atoms with Crippen LogP contribution in [0.3, 0.4) is 0 Å². The van der Waals surface area contributed by atoms with E-state index in [1.54, 1.807) is 30.3 Å². The molecule has 0 saturated heterocycles. The van der Waals surface area contributed by atoms with Gasteiger partial charge in [-0.2, -0.15) is 0 Å². The van der Waals surface area contributed by atoms with Gasteiger partial charge in [0.25, 0.3) is 5.91 Å². The summed E-state index contributed by atoms with van der Waals surface area (Å²) in [7, 11) is 0. The quantitative estimate of drug-likeness (QED) is 0.531. The van der Waals surface area contributed by atoms with Crippen molar-refractivity contribution in [2.45, 2.75) is 11.2 Å². The number of nitrogens with zero attached hydrogens (tertiary/aromatic N) is 1. The van der Waals surface area contributed by atoms with Crippen LogP contribution < -0.4 is 10.1 Å². The number of ether oxygens (including phenoxy) is 1. The number of hydrogen-bond donors (Lipinski definition) is 1. The third-order valence-corrected chi connectivity index (χ3v) is 3.91. The number of alkyl halides is 5. The molecule has 2 aromatic carbocycles. The molecule has 1 N–H and O–H groups in total. The standard InChI is InChI=1S/C18H11Cl2F3N2O3/c19-16(20)17(26)24-11-5-3-4-10(8-11)15-9-13(25-28-15)12-6-1-2-7-14(12)27-18(21,22)23/h1-9,16H,(H,24,26). The SMILES string of the molecule is O=C(Nc1cccc(-c2cc(-c3ccccc3OC(F)(F)F)no2)c1)C(Cl)Cl. The first-order valence-corrected chi connectivity index (χ1v) is 8.61. The molecule has 0 atom stereocenters. The minimum Gasteiger partial charge on any atom is -0.405 e. The fourth-order valence-electron chi connectivity index (χ4n) is 2.38. The largest absolute Gasteiger partial charge is 0.573 e. The molecular weight excluding hydrogens is 420 g/mol. The highest BCUT2D eigenvalue weighted by Crippen LogP contribution is 2.35. The molecule has 0 unspecified atom stereocenters. The molecule has 0 aliphatic heterocycles. The number of aromatic nitrogens is 1. The van der Waals surface area contributed by atoms with Crippen LogP contribution in [0.4, 0.5) is 18.9 Å². The number of halogens is 5. The summed E-state index contributed by atoms with van der Waals surface area (Å²) in [5.41, 5.74) is 1.22. The second kappa shape index (κ2) is 8.12. The van der Waals surface area contributed by atoms with Crippen molar-refractivity contribution in [3.8, 4) is 28.3 Å². The molecule has 3 rings (SSSR count). The molecule has 1 aromatic heterocycles. The predicted octanol–water partition coefficient (Wildman–Crippen LogP) is 5.65. The summed E-state index contributed by atoms with van der Waals surface area (Å²) in [4.78, 5) is 10.4. The average molecular weight is 431 g/mol. The molecule has 0 bridgehead atoms. The lowest BCUT2D eigenvalue weighted by atomic mass is 10.1. The predicted molar refractivity (Wildman–Crippen MR) is 98.2 cm³/mol. The normalized spacial score (nSPS) is 11.5. The van der Waals surface area contributed by atoms with Crippen molar-refractivity contribution in [1.82, 2.24) is 5.16 Å². The van der Waals surface area contributed by atoms with E-state index >= 15 is 0 Å². The molecule has 5 nitrogen and oxygen atoms in total. The first-order valence-electron chi connectivity index (χ1n) is 7.74. The van der Waals surface area contributed by atoms with E-state index in [0.717, 1.165) is 0 Å². The van der Waals surface area contributed by atoms with Gasteiger partial charge in [0.2, 0.25) is 0 Å². The molecule has 0 aliphatic rings. The second-order valence-electron chi connectivity index (χ2n) is 5.49. The van der Waals surface area contributed by atoms with Gasteiger partial charge in [0, 0.05) is 22.9 Å². The van der Waals surface area contributed by atoms with Gasteiger partial charge in [0.05, 0.1) is 0 Å². The number of anilines is 1. The van der Waals surface area contributed by atoms with E-state index in [0.29, 0.717) is 11.3 Å². The maximum atomic E-state index is 12.6. The van der Waals surface area contributed by atoms with E-state index in [1.807, 2.05) is 0 Å². The van der Waals surface area contributed by atoms with Crippen molar-refractivity contribution in [3.63, 3.8) is 0 Å². The number of carbonyl (C=O) groups is 1. The lowest BCUT2D eigenvalue weighted by Crippen LogP contribution is -2.18. The number of para-hydroxylation sites is 1. The zero-order valence-corrected chi connectivity index (χ0v) is 15.3. The molecule has 0 fully saturated rings. The number of amides is 1. The fourth-order valence-corrected chi connectivity index (χ4v) is 2.49. The van der Waals surface area contributed by atoms with E-state index in [9.17, 15) is 18.0 Å². The van der Waals surface area contributed by atoms with Crippen molar-refractivity contribution in [3.05, 3.63) is 54.6 Å². The Hall–Kier alpha value is -2.71. The van der Waals surface area contributed by atoms with Gasteiger partial charge in [-0.25, -0.2) is 0 Å². The number of carbonyl (C=O) groups excluding carboxylic acids is 1. The van der Waals surface area contributed by atoms with Crippen molar-refractivity contribution in [2.24, 2.45) is 0 Å². The van der Waals surface area contributed by atoms with Crippen LogP contribution in [0.5, 0.6) is 5.75 Å². The molecule has 10 heteroatoms. The van der Waals surface area contributed by atoms with Gasteiger partial charge in [-0.3, -0.25) is 4.79 Å². The van der Waals surface area contributed by atoms with Gasteiger partial charge in [-0.1, -0.05) is 52.6 Å². The summed E-state index contributed by atoms with van der Waals surface area (Å²) in [6, 6.07) is 13.6. The second-order valence-corrected chi connectivity index (χ2v) is 6.59. The first-order chi connectivity index (χ1) is 13.2. The lowest BCUT2D eigenvalue weighted by molar-refractivity contribution is -0.274. The molecule has 146 valence electrons. The van der Waals surface area contributed by atoms with Crippen LogP contribution in [0.2, 0.25) is 0 Å². The highest BCUT2D eigenvalue weighted by atomic mass is 35.5. The van der Waals surface area contributed by atoms with Crippen LogP contribution in [0, 0.1) is 0 Å². The Morgan fingerprint density at radius 1 is 1.11 bits per heavy atom. The molecule has 1 amide bonds. The minimum absolute atomic E-state index is 0.117. The number of benzene rings is 2. The van der Waals surface area contributed by atoms with Crippen LogP contribution in [0.15, 0.2) is 59.1 Å². The Morgan fingerprint density at radius 3 is 2.57 bits per heavy atom. The molecule has 3 aromatic rings. The van der Waals surface area contributed by atoms with Crippen molar-refractivity contribution in [1.29, 1.82) is 0 Å². The summed E-state index contributed by atoms with van der Waals surface area (Å²) in [5.74, 6) is -0.718. The third kappa shape index (κ3) is 4.96. The molecule has 28 heavy (non-hydrogen) atoms. The molecular formula is C18H11Cl2F3N2O3. The van der Waals surface area contributed by atoms with Gasteiger partial charge < -0.3 is 14.6 Å². The van der Waals surface area contributed by atoms with Crippen LogP contribution in [-0.4, -0.2) is 22.3 Å². The Labute approximate surface area is 167 Å². The Kier molecular flexibility index (Phi) is 5.81. The van der Waals surface area contributed by atoms with Gasteiger partial charge in [-0.15, -0.1) is 13.2 Å². The van der Waals surface area contributed by atoms with E-state index in [1.165, 1.54) is 24.3 Å². The van der Waals surface area contributed by atoms with Crippen molar-refractivity contribution >= 4 is 34.8 Å². The van der Waals surface area contributed by atoms with Crippen LogP contribution >= 0.6 is 23.2 Å². The molecule has 1 heterocycles. The maximum Gasteiger partial charge on any atom is 0.573 e. The van der Waals surface area contributed by atoms with E-state index in [2.05, 4.69) is 15.2 Å². The Bertz CT molecular complexity index is 990. The third-order valence-electron chi connectivity index (χ3n) is 3.51. The maximum absolute atomic E-state index is 12.6. The number of rotatable bonds is 5. The number of nitrogens with one attached hydrogen (secondary N) is 1. The smallest absolute Gasteiger partial charge is 0.405 e. The van der Waals surface area contributed by atoms with E-state index < -0.39 is 22.9 Å². The van der Waals surface area contributed by atoms with Gasteiger partial charge in [-0.05, 0) is 24.3 Å². The van der Waals surface area contributed by atoms with E-state index in [-0.39, 0.29) is 17.0 Å². The van der Waals surface area contributed by atoms with Gasteiger partial charge in [0.1, 0.15) is 11.4 Å². The molecule has 0 spiro atoms. The molecule has 0 saturated carbocycles. The molecule has 0 radical (unpaired) electrons. The van der Waals surface area contributed by atoms with Gasteiger partial charge >= 0.3 is 6.36 Å². The fraction of sp³-hybridized carbons (Fsp3) is 0.111. The summed E-state index contributed by atoms with van der Waals surface area (Å²) in [5, 5.41) is 6.34. The van der Waals surface area contributed by atoms with Crippen LogP contribution in [0.1, 0.15) is 0 Å². The monoisotopic (exact) mass is 430 g/mol. The van der Waals surface area contributed by atoms with Gasteiger partial charge in [0.15, 0.2) is 10.6 Å². The van der Waals surface area contributed by atoms with Crippen LogP contribution in [-0.2, 0) is 4.79 Å². The Morgan fingerprint density at radius 2 is 1.86 bits per heavy atom. The van der Waals surface area contributed by atoms with E-state index in [4.69, 9.17) is 27.7 Å². The summed E-state index contributed by atoms with van der Waals surface area (Å²) < 4.78 is 47.1. The van der Waals surface area contributed by atoms with Crippen molar-refractivity contribution < 1.29 is 27.2 Å². The lowest BCUT2D eigenvalue weighted by Gasteiger charge is -2.11. The number of hydrogen-bond acceptors (Lipinski definition) is 4. The zero-order chi connectivity index (χ0) is 20.3. The highest BCUT2D eigenvalue weighted by molar-refractivity contribution is 6.54. The van der Waals surface area contributed by atoms with Crippen molar-refractivity contribution in [2.75, 3.05) is 5.32 Å². The molecule has 0 aliphatic carbocycles. The summed E-state index contributed by atoms with van der Waals surface area (Å²) >= 11 is 11.0.